The quantitative estimate of drug-likeness (QED) is 0.308. The fourth-order valence-electron chi connectivity index (χ4n) is 2.14. The Labute approximate surface area is 145 Å². The molecule has 0 spiro atoms. The summed E-state index contributed by atoms with van der Waals surface area (Å²) in [6.45, 7) is 0. The van der Waals surface area contributed by atoms with Gasteiger partial charge in [0.2, 0.25) is 0 Å². The van der Waals surface area contributed by atoms with Crippen molar-refractivity contribution in [3.05, 3.63) is 96.1 Å². The predicted octanol–water partition coefficient (Wildman–Crippen LogP) is 6.08. The Bertz CT molecular complexity index is 698. The maximum absolute atomic E-state index is 10.9. The van der Waals surface area contributed by atoms with Crippen LogP contribution in [0.5, 0.6) is 0 Å². The Morgan fingerprint density at radius 3 is 1.57 bits per heavy atom. The summed E-state index contributed by atoms with van der Waals surface area (Å²) in [4.78, 5) is 13.3. The molecule has 0 aromatic heterocycles. The molecule has 0 aliphatic carbocycles. The second kappa shape index (κ2) is 8.04. The minimum atomic E-state index is 0.237. The van der Waals surface area contributed by atoms with Crippen molar-refractivity contribution in [2.24, 2.45) is 0 Å². The average molecular weight is 336 g/mol. The van der Waals surface area contributed by atoms with Gasteiger partial charge in [-0.25, -0.2) is 0 Å². The van der Waals surface area contributed by atoms with Crippen molar-refractivity contribution in [2.75, 3.05) is 0 Å². The summed E-state index contributed by atoms with van der Waals surface area (Å²) in [7, 11) is 0. The van der Waals surface area contributed by atoms with Crippen LogP contribution in [0.25, 0.3) is 0 Å². The zero-order chi connectivity index (χ0) is 15.9. The third-order valence-corrected chi connectivity index (χ3v) is 5.96. The Morgan fingerprint density at radius 2 is 1.13 bits per heavy atom. The van der Waals surface area contributed by atoms with Crippen molar-refractivity contribution < 1.29 is 4.79 Å². The summed E-state index contributed by atoms with van der Waals surface area (Å²) >= 11 is 3.65. The first-order valence-electron chi connectivity index (χ1n) is 7.34. The van der Waals surface area contributed by atoms with Crippen LogP contribution in [0.15, 0.2) is 94.7 Å². The van der Waals surface area contributed by atoms with Gasteiger partial charge < -0.3 is 0 Å². The zero-order valence-electron chi connectivity index (χ0n) is 12.5. The number of thioether (sulfide) groups is 2. The highest BCUT2D eigenvalue weighted by molar-refractivity contribution is 8.16. The van der Waals surface area contributed by atoms with E-state index < -0.39 is 0 Å². The molecule has 0 radical (unpaired) electrons. The molecule has 3 heteroatoms. The van der Waals surface area contributed by atoms with Gasteiger partial charge in [-0.05, 0) is 29.8 Å². The smallest absolute Gasteiger partial charge is 0.150 e. The van der Waals surface area contributed by atoms with Gasteiger partial charge in [-0.2, -0.15) is 0 Å². The van der Waals surface area contributed by atoms with Crippen molar-refractivity contribution >= 4 is 29.8 Å². The standard InChI is InChI=1S/C20H16OS2/c21-15-16-11-13-17(14-12-16)20(22-18-7-3-1-4-8-18)23-19-9-5-2-6-10-19/h1-15,20H. The number of aldehydes is 1. The number of carbonyl (C=O) groups excluding carboxylic acids is 1. The molecule has 0 heterocycles. The van der Waals surface area contributed by atoms with Crippen molar-refractivity contribution in [1.82, 2.24) is 0 Å². The van der Waals surface area contributed by atoms with Gasteiger partial charge in [0.1, 0.15) is 6.29 Å². The van der Waals surface area contributed by atoms with E-state index in [1.807, 2.05) is 59.9 Å². The van der Waals surface area contributed by atoms with Gasteiger partial charge in [0, 0.05) is 15.4 Å². The molecule has 0 amide bonds. The van der Waals surface area contributed by atoms with Crippen molar-refractivity contribution in [2.45, 2.75) is 14.4 Å². The van der Waals surface area contributed by atoms with Gasteiger partial charge in [-0.1, -0.05) is 60.7 Å². The molecule has 0 aliphatic heterocycles. The van der Waals surface area contributed by atoms with Gasteiger partial charge in [-0.15, -0.1) is 23.5 Å². The summed E-state index contributed by atoms with van der Waals surface area (Å²) in [5.41, 5.74) is 1.92. The molecule has 3 rings (SSSR count). The highest BCUT2D eigenvalue weighted by atomic mass is 32.2. The van der Waals surface area contributed by atoms with E-state index in [9.17, 15) is 4.79 Å². The van der Waals surface area contributed by atoms with Crippen LogP contribution in [0.3, 0.4) is 0 Å². The van der Waals surface area contributed by atoms with Crippen LogP contribution in [0.4, 0.5) is 0 Å². The zero-order valence-corrected chi connectivity index (χ0v) is 14.1. The molecule has 0 N–H and O–H groups in total. The molecule has 3 aromatic carbocycles. The van der Waals surface area contributed by atoms with E-state index in [4.69, 9.17) is 0 Å². The van der Waals surface area contributed by atoms with E-state index in [1.165, 1.54) is 15.4 Å². The van der Waals surface area contributed by atoms with Gasteiger partial charge in [-0.3, -0.25) is 4.79 Å². The van der Waals surface area contributed by atoms with E-state index in [1.54, 1.807) is 0 Å². The molecule has 0 aliphatic rings. The Hall–Kier alpha value is -1.97. The van der Waals surface area contributed by atoms with Crippen LogP contribution in [0.2, 0.25) is 0 Å². The molecule has 0 atom stereocenters. The molecular weight excluding hydrogens is 320 g/mol. The number of rotatable bonds is 6. The number of carbonyl (C=O) groups is 1. The Kier molecular flexibility index (Phi) is 5.56. The molecule has 1 nitrogen and oxygen atoms in total. The Balaban J connectivity index is 1.86. The first-order chi connectivity index (χ1) is 11.3. The maximum atomic E-state index is 10.9. The highest BCUT2D eigenvalue weighted by Crippen LogP contribution is 2.46. The van der Waals surface area contributed by atoms with E-state index >= 15 is 0 Å². The topological polar surface area (TPSA) is 17.1 Å². The molecule has 0 bridgehead atoms. The number of benzene rings is 3. The number of hydrogen-bond acceptors (Lipinski definition) is 3. The van der Waals surface area contributed by atoms with Crippen molar-refractivity contribution in [3.8, 4) is 0 Å². The maximum Gasteiger partial charge on any atom is 0.150 e. The molecule has 23 heavy (non-hydrogen) atoms. The summed E-state index contributed by atoms with van der Waals surface area (Å²) in [6.07, 6.45) is 0.882. The molecule has 0 saturated heterocycles. The van der Waals surface area contributed by atoms with Gasteiger partial charge in [0.05, 0.1) is 4.58 Å². The lowest BCUT2D eigenvalue weighted by molar-refractivity contribution is 0.112. The van der Waals surface area contributed by atoms with E-state index in [-0.39, 0.29) is 4.58 Å². The monoisotopic (exact) mass is 336 g/mol. The molecule has 114 valence electrons. The number of hydrogen-bond donors (Lipinski definition) is 0. The summed E-state index contributed by atoms with van der Waals surface area (Å²) in [6, 6.07) is 28.6. The lowest BCUT2D eigenvalue weighted by atomic mass is 10.2. The minimum Gasteiger partial charge on any atom is -0.298 e. The molecule has 0 saturated carbocycles. The van der Waals surface area contributed by atoms with Crippen LogP contribution in [-0.4, -0.2) is 6.29 Å². The summed E-state index contributed by atoms with van der Waals surface area (Å²) < 4.78 is 0.237. The highest BCUT2D eigenvalue weighted by Gasteiger charge is 2.15. The van der Waals surface area contributed by atoms with Crippen LogP contribution in [-0.2, 0) is 0 Å². The van der Waals surface area contributed by atoms with E-state index in [0.29, 0.717) is 5.56 Å². The lowest BCUT2D eigenvalue weighted by Crippen LogP contribution is -1.91. The second-order valence-electron chi connectivity index (χ2n) is 4.98. The first-order valence-corrected chi connectivity index (χ1v) is 9.09. The van der Waals surface area contributed by atoms with Crippen molar-refractivity contribution in [1.29, 1.82) is 0 Å². The van der Waals surface area contributed by atoms with Gasteiger partial charge in [0.15, 0.2) is 0 Å². The Morgan fingerprint density at radius 1 is 0.652 bits per heavy atom. The van der Waals surface area contributed by atoms with E-state index in [2.05, 4.69) is 48.5 Å². The fraction of sp³-hybridized carbons (Fsp3) is 0.0500. The van der Waals surface area contributed by atoms with E-state index in [0.717, 1.165) is 6.29 Å². The molecule has 3 aromatic rings. The molecule has 0 unspecified atom stereocenters. The van der Waals surface area contributed by atoms with Crippen LogP contribution >= 0.6 is 23.5 Å². The second-order valence-corrected chi connectivity index (χ2v) is 7.63. The third kappa shape index (κ3) is 4.50. The largest absolute Gasteiger partial charge is 0.298 e. The van der Waals surface area contributed by atoms with Crippen LogP contribution in [0, 0.1) is 0 Å². The van der Waals surface area contributed by atoms with Gasteiger partial charge in [0.25, 0.3) is 0 Å². The third-order valence-electron chi connectivity index (χ3n) is 3.32. The fourth-order valence-corrected chi connectivity index (χ4v) is 4.71. The van der Waals surface area contributed by atoms with Crippen molar-refractivity contribution in [3.63, 3.8) is 0 Å². The SMILES string of the molecule is O=Cc1ccc(C(Sc2ccccc2)Sc2ccccc2)cc1. The first kappa shape index (κ1) is 15.9. The van der Waals surface area contributed by atoms with Crippen LogP contribution in [0.1, 0.15) is 20.5 Å². The van der Waals surface area contributed by atoms with Crippen LogP contribution < -0.4 is 0 Å². The molecular formula is C20H16OS2. The summed E-state index contributed by atoms with van der Waals surface area (Å²) in [5, 5.41) is 0. The molecule has 0 fully saturated rings. The predicted molar refractivity (Wildman–Crippen MR) is 99.2 cm³/mol. The average Bonchev–Trinajstić information content (AvgIpc) is 2.63. The normalized spacial score (nSPS) is 10.7. The minimum absolute atomic E-state index is 0.237. The summed E-state index contributed by atoms with van der Waals surface area (Å²) in [5.74, 6) is 0. The van der Waals surface area contributed by atoms with Gasteiger partial charge >= 0.3 is 0 Å². The lowest BCUT2D eigenvalue weighted by Gasteiger charge is -2.17.